The van der Waals surface area contributed by atoms with Crippen molar-refractivity contribution in [3.8, 4) is 0 Å². The second-order valence-electron chi connectivity index (χ2n) is 5.71. The van der Waals surface area contributed by atoms with Crippen molar-refractivity contribution in [3.05, 3.63) is 34.9 Å². The molecule has 0 spiro atoms. The zero-order valence-corrected chi connectivity index (χ0v) is 11.7. The Kier molecular flexibility index (Phi) is 4.03. The predicted molar refractivity (Wildman–Crippen MR) is 75.8 cm³/mol. The first kappa shape index (κ1) is 13.6. The highest BCUT2D eigenvalue weighted by Gasteiger charge is 2.24. The highest BCUT2D eigenvalue weighted by molar-refractivity contribution is 5.94. The van der Waals surface area contributed by atoms with E-state index in [1.54, 1.807) is 0 Å². The number of carbonyl (C=O) groups is 1. The Morgan fingerprint density at radius 1 is 1.35 bits per heavy atom. The zero-order chi connectivity index (χ0) is 13.9. The molecule has 1 saturated heterocycles. The molecular weight excluding hydrogens is 254 g/mol. The molecule has 0 bridgehead atoms. The Bertz CT molecular complexity index is 500. The fourth-order valence-electron chi connectivity index (χ4n) is 3.06. The monoisotopic (exact) mass is 275 g/mol. The maximum Gasteiger partial charge on any atom is 0.253 e. The molecule has 1 aliphatic carbocycles. The summed E-state index contributed by atoms with van der Waals surface area (Å²) in [6.07, 6.45) is 3.41. The molecule has 0 radical (unpaired) electrons. The molecule has 2 aliphatic rings. The summed E-state index contributed by atoms with van der Waals surface area (Å²) in [6.45, 7) is 2.32. The molecule has 1 atom stereocenters. The second kappa shape index (κ2) is 5.94. The first-order chi connectivity index (χ1) is 9.78. The van der Waals surface area contributed by atoms with E-state index in [9.17, 15) is 9.90 Å². The van der Waals surface area contributed by atoms with Gasteiger partial charge in [0.25, 0.3) is 5.91 Å². The number of carbonyl (C=O) groups excluding carboxylic acids is 1. The predicted octanol–water partition coefficient (Wildman–Crippen LogP) is 1.26. The van der Waals surface area contributed by atoms with Gasteiger partial charge in [-0.15, -0.1) is 0 Å². The van der Waals surface area contributed by atoms with Gasteiger partial charge in [-0.1, -0.05) is 6.07 Å². The lowest BCUT2D eigenvalue weighted by Gasteiger charge is -2.23. The standard InChI is InChI=1S/C16H21NO3/c18-10-12-9-17(6-7-20-11-12)16(19)15-5-4-13-2-1-3-14(13)8-15/h4-5,8,12,18H,1-3,6-7,9-11H2/t12-/m1/s1. The van der Waals surface area contributed by atoms with Gasteiger partial charge in [-0.2, -0.15) is 0 Å². The molecule has 0 saturated carbocycles. The third-order valence-corrected chi connectivity index (χ3v) is 4.23. The van der Waals surface area contributed by atoms with E-state index in [1.165, 1.54) is 17.5 Å². The molecule has 1 heterocycles. The number of hydrogen-bond donors (Lipinski definition) is 1. The van der Waals surface area contributed by atoms with Crippen LogP contribution >= 0.6 is 0 Å². The van der Waals surface area contributed by atoms with Crippen molar-refractivity contribution in [3.63, 3.8) is 0 Å². The smallest absolute Gasteiger partial charge is 0.253 e. The molecule has 4 heteroatoms. The third-order valence-electron chi connectivity index (χ3n) is 4.23. The van der Waals surface area contributed by atoms with E-state index >= 15 is 0 Å². The SMILES string of the molecule is O=C(c1ccc2c(c1)CCC2)N1CCOC[C@@H](CO)C1. The lowest BCUT2D eigenvalue weighted by molar-refractivity contribution is 0.0728. The Balaban J connectivity index is 1.77. The molecule has 3 rings (SSSR count). The lowest BCUT2D eigenvalue weighted by atomic mass is 10.0. The van der Waals surface area contributed by atoms with Gasteiger partial charge in [-0.05, 0) is 42.5 Å². The second-order valence-corrected chi connectivity index (χ2v) is 5.71. The van der Waals surface area contributed by atoms with Crippen LogP contribution in [0.25, 0.3) is 0 Å². The summed E-state index contributed by atoms with van der Waals surface area (Å²) in [6, 6.07) is 6.07. The number of amides is 1. The fourth-order valence-corrected chi connectivity index (χ4v) is 3.06. The van der Waals surface area contributed by atoms with Crippen LogP contribution in [0, 0.1) is 5.92 Å². The van der Waals surface area contributed by atoms with Gasteiger partial charge in [0.05, 0.1) is 13.2 Å². The number of fused-ring (bicyclic) bond motifs is 1. The van der Waals surface area contributed by atoms with E-state index in [1.807, 2.05) is 17.0 Å². The van der Waals surface area contributed by atoms with Crippen molar-refractivity contribution in [2.45, 2.75) is 19.3 Å². The average molecular weight is 275 g/mol. The van der Waals surface area contributed by atoms with Gasteiger partial charge in [0.15, 0.2) is 0 Å². The minimum absolute atomic E-state index is 0.0240. The van der Waals surface area contributed by atoms with Gasteiger partial charge in [-0.3, -0.25) is 4.79 Å². The highest BCUT2D eigenvalue weighted by atomic mass is 16.5. The van der Waals surface area contributed by atoms with Gasteiger partial charge >= 0.3 is 0 Å². The molecule has 1 N–H and O–H groups in total. The highest BCUT2D eigenvalue weighted by Crippen LogP contribution is 2.23. The summed E-state index contributed by atoms with van der Waals surface area (Å²) in [5.41, 5.74) is 3.47. The summed E-state index contributed by atoms with van der Waals surface area (Å²) in [4.78, 5) is 14.4. The van der Waals surface area contributed by atoms with Gasteiger partial charge in [-0.25, -0.2) is 0 Å². The van der Waals surface area contributed by atoms with Crippen molar-refractivity contribution in [2.75, 3.05) is 32.9 Å². The summed E-state index contributed by atoms with van der Waals surface area (Å²) in [5.74, 6) is 0.0829. The quantitative estimate of drug-likeness (QED) is 0.884. The largest absolute Gasteiger partial charge is 0.396 e. The van der Waals surface area contributed by atoms with E-state index in [0.717, 1.165) is 18.4 Å². The normalized spacial score (nSPS) is 22.4. The van der Waals surface area contributed by atoms with E-state index in [4.69, 9.17) is 4.74 Å². The third kappa shape index (κ3) is 2.72. The summed E-state index contributed by atoms with van der Waals surface area (Å²) in [7, 11) is 0. The van der Waals surface area contributed by atoms with Crippen LogP contribution in [-0.2, 0) is 17.6 Å². The van der Waals surface area contributed by atoms with Crippen LogP contribution in [0.5, 0.6) is 0 Å². The van der Waals surface area contributed by atoms with Crippen LogP contribution in [0.1, 0.15) is 27.9 Å². The van der Waals surface area contributed by atoms with Crippen LogP contribution in [0.15, 0.2) is 18.2 Å². The first-order valence-electron chi connectivity index (χ1n) is 7.37. The van der Waals surface area contributed by atoms with Crippen molar-refractivity contribution >= 4 is 5.91 Å². The Hall–Kier alpha value is -1.39. The van der Waals surface area contributed by atoms with Crippen molar-refractivity contribution < 1.29 is 14.6 Å². The van der Waals surface area contributed by atoms with Gasteiger partial charge in [0.2, 0.25) is 0 Å². The molecule has 1 amide bonds. The number of aliphatic hydroxyl groups is 1. The maximum absolute atomic E-state index is 12.6. The van der Waals surface area contributed by atoms with E-state index < -0.39 is 0 Å². The average Bonchev–Trinajstić information content (AvgIpc) is 2.81. The first-order valence-corrected chi connectivity index (χ1v) is 7.37. The summed E-state index contributed by atoms with van der Waals surface area (Å²) in [5, 5.41) is 9.30. The molecule has 0 aromatic heterocycles. The number of aryl methyl sites for hydroxylation is 2. The molecule has 1 aromatic rings. The van der Waals surface area contributed by atoms with Gasteiger partial charge in [0, 0.05) is 31.2 Å². The number of ether oxygens (including phenoxy) is 1. The molecular formula is C16H21NO3. The van der Waals surface area contributed by atoms with Crippen molar-refractivity contribution in [2.24, 2.45) is 5.92 Å². The molecule has 1 aliphatic heterocycles. The Morgan fingerprint density at radius 3 is 3.05 bits per heavy atom. The lowest BCUT2D eigenvalue weighted by Crippen LogP contribution is -2.36. The zero-order valence-electron chi connectivity index (χ0n) is 11.7. The number of aliphatic hydroxyl groups excluding tert-OH is 1. The topological polar surface area (TPSA) is 49.8 Å². The molecule has 0 unspecified atom stereocenters. The van der Waals surface area contributed by atoms with Crippen LogP contribution in [-0.4, -0.2) is 48.8 Å². The molecule has 20 heavy (non-hydrogen) atoms. The van der Waals surface area contributed by atoms with E-state index in [2.05, 4.69) is 6.07 Å². The van der Waals surface area contributed by atoms with E-state index in [-0.39, 0.29) is 18.4 Å². The van der Waals surface area contributed by atoms with Crippen molar-refractivity contribution in [1.29, 1.82) is 0 Å². The number of hydrogen-bond acceptors (Lipinski definition) is 3. The Morgan fingerprint density at radius 2 is 2.20 bits per heavy atom. The van der Waals surface area contributed by atoms with Crippen LogP contribution in [0.2, 0.25) is 0 Å². The molecule has 1 fully saturated rings. The molecule has 4 nitrogen and oxygen atoms in total. The maximum atomic E-state index is 12.6. The van der Waals surface area contributed by atoms with Crippen LogP contribution in [0.4, 0.5) is 0 Å². The molecule has 1 aromatic carbocycles. The van der Waals surface area contributed by atoms with Crippen molar-refractivity contribution in [1.82, 2.24) is 4.90 Å². The Labute approximate surface area is 119 Å². The summed E-state index contributed by atoms with van der Waals surface area (Å²) >= 11 is 0. The fraction of sp³-hybridized carbons (Fsp3) is 0.562. The van der Waals surface area contributed by atoms with E-state index in [0.29, 0.717) is 26.3 Å². The minimum atomic E-state index is 0.0240. The number of nitrogens with zero attached hydrogens (tertiary/aromatic N) is 1. The van der Waals surface area contributed by atoms with Crippen LogP contribution in [0.3, 0.4) is 0 Å². The number of benzene rings is 1. The van der Waals surface area contributed by atoms with Gasteiger partial charge in [0.1, 0.15) is 0 Å². The number of rotatable bonds is 2. The summed E-state index contributed by atoms with van der Waals surface area (Å²) < 4.78 is 5.43. The minimum Gasteiger partial charge on any atom is -0.396 e. The van der Waals surface area contributed by atoms with Gasteiger partial charge < -0.3 is 14.7 Å². The molecule has 108 valence electrons. The van der Waals surface area contributed by atoms with Crippen LogP contribution < -0.4 is 0 Å².